The fraction of sp³-hybridized carbons (Fsp3) is 0.118. The summed E-state index contributed by atoms with van der Waals surface area (Å²) in [5, 5.41) is 2.21. The fourth-order valence-corrected chi connectivity index (χ4v) is 12.9. The number of rotatable bonds is 6. The molecule has 11 aromatic rings. The molecule has 0 fully saturated rings. The molecule has 0 spiro atoms. The molecular formula is C68H49N4OPt-3. The van der Waals surface area contributed by atoms with Crippen LogP contribution in [0.25, 0.3) is 38.8 Å². The third kappa shape index (κ3) is 6.82. The monoisotopic (exact) mass is 1130 g/mol. The zero-order valence-electron chi connectivity index (χ0n) is 41.1. The molecule has 6 heteroatoms. The molecule has 0 N–H and O–H groups in total. The van der Waals surface area contributed by atoms with Crippen LogP contribution < -0.4 is 14.5 Å². The Morgan fingerprint density at radius 3 is 1.70 bits per heavy atom. The first-order valence-corrected chi connectivity index (χ1v) is 25.5. The Kier molecular flexibility index (Phi) is 10.3. The maximum Gasteiger partial charge on any atom is 0.135 e. The molecule has 4 bridgehead atoms. The molecule has 2 atom stereocenters. The SMILES string of the molecule is CC(C)(C)c1ccnc(-n2c3[c-]c(Oc4[c-]c(N5[CH-]N(c6ccc7c(c6)C6c8ccccc8C7C7c8ccccc8C6c6ccccc67)c6ccccc65)ccc4)ccc3c3cc(-c4ccccc4)ccc32)c1.[Pt]. The van der Waals surface area contributed by atoms with Crippen molar-refractivity contribution >= 4 is 44.6 Å². The summed E-state index contributed by atoms with van der Waals surface area (Å²) < 4.78 is 8.99. The third-order valence-corrected chi connectivity index (χ3v) is 16.1. The summed E-state index contributed by atoms with van der Waals surface area (Å²) >= 11 is 0. The average Bonchev–Trinajstić information content (AvgIpc) is 3.97. The molecular weight excluding hydrogens is 1080 g/mol. The van der Waals surface area contributed by atoms with Gasteiger partial charge in [-0.1, -0.05) is 160 Å². The van der Waals surface area contributed by atoms with Crippen molar-refractivity contribution in [3.05, 3.63) is 281 Å². The second-order valence-corrected chi connectivity index (χ2v) is 21.1. The van der Waals surface area contributed by atoms with Gasteiger partial charge in [-0.25, -0.2) is 4.98 Å². The van der Waals surface area contributed by atoms with Crippen molar-refractivity contribution in [3.8, 4) is 28.4 Å². The third-order valence-electron chi connectivity index (χ3n) is 16.1. The Balaban J connectivity index is 0.00000505. The molecule has 2 aromatic heterocycles. The van der Waals surface area contributed by atoms with Crippen LogP contribution in [-0.4, -0.2) is 9.55 Å². The van der Waals surface area contributed by atoms with Crippen molar-refractivity contribution in [2.45, 2.75) is 49.9 Å². The van der Waals surface area contributed by atoms with Crippen LogP contribution in [0.3, 0.4) is 0 Å². The van der Waals surface area contributed by atoms with Gasteiger partial charge >= 0.3 is 0 Å². The molecule has 7 aliphatic rings. The molecule has 3 heterocycles. The van der Waals surface area contributed by atoms with Crippen molar-refractivity contribution < 1.29 is 25.8 Å². The largest absolute Gasteiger partial charge is 0.509 e. The summed E-state index contributed by atoms with van der Waals surface area (Å²) in [4.78, 5) is 9.53. The van der Waals surface area contributed by atoms with Crippen LogP contribution in [0.2, 0.25) is 0 Å². The van der Waals surface area contributed by atoms with Gasteiger partial charge in [-0.2, -0.15) is 12.1 Å². The summed E-state index contributed by atoms with van der Waals surface area (Å²) in [6.45, 7) is 8.93. The van der Waals surface area contributed by atoms with Gasteiger partial charge in [0.2, 0.25) is 0 Å². The normalized spacial score (nSPS) is 17.7. The predicted molar refractivity (Wildman–Crippen MR) is 295 cm³/mol. The first-order chi connectivity index (χ1) is 35.8. The quantitative estimate of drug-likeness (QED) is 0.155. The minimum Gasteiger partial charge on any atom is -0.509 e. The average molecular weight is 1130 g/mol. The maximum atomic E-state index is 6.76. The Morgan fingerprint density at radius 2 is 1.05 bits per heavy atom. The van der Waals surface area contributed by atoms with Gasteiger partial charge in [-0.05, 0) is 114 Å². The zero-order valence-corrected chi connectivity index (χ0v) is 43.4. The summed E-state index contributed by atoms with van der Waals surface area (Å²) in [5.74, 6) is 2.85. The minimum absolute atomic E-state index is 0. The van der Waals surface area contributed by atoms with E-state index in [4.69, 9.17) is 9.72 Å². The zero-order chi connectivity index (χ0) is 48.5. The number of nitrogens with zero attached hydrogens (tertiary/aromatic N) is 4. The Morgan fingerprint density at radius 1 is 0.473 bits per heavy atom. The molecule has 6 aliphatic carbocycles. The Hall–Kier alpha value is -7.98. The number of pyridine rings is 1. The van der Waals surface area contributed by atoms with Crippen LogP contribution in [0.4, 0.5) is 22.7 Å². The number of benzene rings is 9. The minimum atomic E-state index is -0.0487. The second kappa shape index (κ2) is 17.0. The van der Waals surface area contributed by atoms with Crippen LogP contribution in [0.1, 0.15) is 94.5 Å². The molecule has 360 valence electrons. The van der Waals surface area contributed by atoms with Crippen LogP contribution in [0.5, 0.6) is 11.5 Å². The molecule has 0 saturated carbocycles. The van der Waals surface area contributed by atoms with Gasteiger partial charge in [0.25, 0.3) is 0 Å². The summed E-state index contributed by atoms with van der Waals surface area (Å²) in [5.41, 5.74) is 21.3. The Labute approximate surface area is 446 Å². The number of ether oxygens (including phenoxy) is 1. The second-order valence-electron chi connectivity index (χ2n) is 21.1. The molecule has 0 saturated heterocycles. The van der Waals surface area contributed by atoms with E-state index in [0.29, 0.717) is 11.5 Å². The van der Waals surface area contributed by atoms with E-state index < -0.39 is 0 Å². The Bertz CT molecular complexity index is 3990. The number of para-hydroxylation sites is 2. The van der Waals surface area contributed by atoms with Gasteiger partial charge in [0, 0.05) is 85.0 Å². The van der Waals surface area contributed by atoms with Gasteiger partial charge in [-0.3, -0.25) is 0 Å². The van der Waals surface area contributed by atoms with Crippen LogP contribution >= 0.6 is 0 Å². The summed E-state index contributed by atoms with van der Waals surface area (Å²) in [7, 11) is 0. The van der Waals surface area contributed by atoms with Crippen molar-refractivity contribution in [2.24, 2.45) is 0 Å². The van der Waals surface area contributed by atoms with E-state index in [9.17, 15) is 0 Å². The standard InChI is InChI=1S/C68H49N4O.Pt/c1-68(2,3)44-34-35-69-63(37-44)72-59-33-28-43(42-16-5-4-6-17-42)36-57(59)49-32-30-48(40-62(49)72)73-47-19-15-18-45(38-47)70-41-71(61-27-14-13-26-60(61)70)46-29-31-56-58(39-46)67-55-25-12-11-24-54(55)66(56)64-50-20-7-9-22-52(50)65(67)53-23-10-8-21-51(53)64;/h4-37,39,41,64-67H,1-3H3;/q-3;. The number of hydrogen-bond acceptors (Lipinski definition) is 4. The van der Waals surface area contributed by atoms with Crippen molar-refractivity contribution in [1.82, 2.24) is 9.55 Å². The number of hydrogen-bond donors (Lipinski definition) is 0. The number of fused-ring (bicyclic) bond motifs is 4. The maximum absolute atomic E-state index is 6.76. The van der Waals surface area contributed by atoms with E-state index in [1.54, 1.807) is 0 Å². The predicted octanol–water partition coefficient (Wildman–Crippen LogP) is 16.8. The summed E-state index contributed by atoms with van der Waals surface area (Å²) in [6.07, 6.45) is 1.92. The van der Waals surface area contributed by atoms with E-state index in [0.717, 1.165) is 55.9 Å². The van der Waals surface area contributed by atoms with E-state index in [1.807, 2.05) is 24.4 Å². The van der Waals surface area contributed by atoms with E-state index in [1.165, 1.54) is 55.6 Å². The molecule has 18 rings (SSSR count). The van der Waals surface area contributed by atoms with Crippen molar-refractivity contribution in [1.29, 1.82) is 0 Å². The van der Waals surface area contributed by atoms with Crippen LogP contribution in [0, 0.1) is 18.8 Å². The molecule has 5 nitrogen and oxygen atoms in total. The number of aromatic nitrogens is 2. The van der Waals surface area contributed by atoms with Crippen molar-refractivity contribution in [2.75, 3.05) is 9.80 Å². The van der Waals surface area contributed by atoms with Crippen LogP contribution in [-0.2, 0) is 26.5 Å². The van der Waals surface area contributed by atoms with Gasteiger partial charge in [-0.15, -0.1) is 48.1 Å². The van der Waals surface area contributed by atoms with Gasteiger partial charge in [0.1, 0.15) is 5.82 Å². The van der Waals surface area contributed by atoms with E-state index in [-0.39, 0.29) is 50.2 Å². The van der Waals surface area contributed by atoms with E-state index >= 15 is 0 Å². The smallest absolute Gasteiger partial charge is 0.135 e. The number of anilines is 4. The topological polar surface area (TPSA) is 33.5 Å². The molecule has 9 aromatic carbocycles. The molecule has 0 amide bonds. The van der Waals surface area contributed by atoms with Gasteiger partial charge in [0.15, 0.2) is 0 Å². The molecule has 74 heavy (non-hydrogen) atoms. The molecule has 2 unspecified atom stereocenters. The fourth-order valence-electron chi connectivity index (χ4n) is 12.9. The van der Waals surface area contributed by atoms with Crippen molar-refractivity contribution in [3.63, 3.8) is 0 Å². The molecule has 1 aliphatic heterocycles. The first kappa shape index (κ1) is 44.7. The van der Waals surface area contributed by atoms with Gasteiger partial charge in [0.05, 0.1) is 0 Å². The van der Waals surface area contributed by atoms with E-state index in [2.05, 4.69) is 242 Å². The molecule has 0 radical (unpaired) electrons. The van der Waals surface area contributed by atoms with Crippen LogP contribution in [0.15, 0.2) is 212 Å². The van der Waals surface area contributed by atoms with Gasteiger partial charge < -0.3 is 19.1 Å². The summed E-state index contributed by atoms with van der Waals surface area (Å²) in [6, 6.07) is 83.0. The first-order valence-electron chi connectivity index (χ1n) is 25.5.